The molecule has 1 atom stereocenters. The van der Waals surface area contributed by atoms with Crippen molar-refractivity contribution in [2.24, 2.45) is 0 Å². The Labute approximate surface area is 92.3 Å². The van der Waals surface area contributed by atoms with Crippen LogP contribution in [0.15, 0.2) is 24.3 Å². The van der Waals surface area contributed by atoms with Crippen molar-refractivity contribution < 1.29 is 0 Å². The van der Waals surface area contributed by atoms with Gasteiger partial charge in [0, 0.05) is 31.3 Å². The average Bonchev–Trinajstić information content (AvgIpc) is 2.30. The summed E-state index contributed by atoms with van der Waals surface area (Å²) in [5.41, 5.74) is 2.34. The zero-order valence-electron chi connectivity index (χ0n) is 9.70. The SMILES string of the molecule is [C-]#[N+]C(C)c1ccc(N(CC)CC)cc1. The first-order valence-corrected chi connectivity index (χ1v) is 5.44. The third-order valence-corrected chi connectivity index (χ3v) is 2.70. The van der Waals surface area contributed by atoms with E-state index in [-0.39, 0.29) is 6.04 Å². The molecule has 0 aliphatic carbocycles. The Balaban J connectivity index is 2.85. The van der Waals surface area contributed by atoms with Crippen molar-refractivity contribution in [3.05, 3.63) is 41.2 Å². The number of hydrogen-bond donors (Lipinski definition) is 0. The first kappa shape index (κ1) is 11.6. The predicted molar refractivity (Wildman–Crippen MR) is 65.0 cm³/mol. The van der Waals surface area contributed by atoms with E-state index in [9.17, 15) is 0 Å². The van der Waals surface area contributed by atoms with E-state index >= 15 is 0 Å². The third-order valence-electron chi connectivity index (χ3n) is 2.70. The van der Waals surface area contributed by atoms with Crippen LogP contribution in [0.4, 0.5) is 5.69 Å². The Kier molecular flexibility index (Phi) is 4.17. The lowest BCUT2D eigenvalue weighted by atomic mass is 10.1. The minimum atomic E-state index is -0.0317. The van der Waals surface area contributed by atoms with Crippen LogP contribution in [0.1, 0.15) is 32.4 Å². The maximum atomic E-state index is 6.97. The van der Waals surface area contributed by atoms with Gasteiger partial charge in [0.15, 0.2) is 0 Å². The van der Waals surface area contributed by atoms with Crippen molar-refractivity contribution in [3.8, 4) is 0 Å². The molecule has 15 heavy (non-hydrogen) atoms. The van der Waals surface area contributed by atoms with Gasteiger partial charge in [0.2, 0.25) is 6.04 Å². The Bertz CT molecular complexity index is 331. The summed E-state index contributed by atoms with van der Waals surface area (Å²) in [6.45, 7) is 15.2. The summed E-state index contributed by atoms with van der Waals surface area (Å²) >= 11 is 0. The number of rotatable bonds is 4. The molecule has 1 aromatic rings. The van der Waals surface area contributed by atoms with Gasteiger partial charge in [0.05, 0.1) is 0 Å². The van der Waals surface area contributed by atoms with Crippen molar-refractivity contribution in [2.75, 3.05) is 18.0 Å². The molecule has 0 radical (unpaired) electrons. The van der Waals surface area contributed by atoms with Crippen LogP contribution in [0.5, 0.6) is 0 Å². The highest BCUT2D eigenvalue weighted by Gasteiger charge is 2.08. The zero-order valence-corrected chi connectivity index (χ0v) is 9.70. The van der Waals surface area contributed by atoms with E-state index in [0.717, 1.165) is 18.7 Å². The van der Waals surface area contributed by atoms with Gasteiger partial charge >= 0.3 is 0 Å². The van der Waals surface area contributed by atoms with Gasteiger partial charge in [0.1, 0.15) is 0 Å². The minimum Gasteiger partial charge on any atom is -0.372 e. The molecule has 0 aliphatic heterocycles. The molecule has 0 aromatic heterocycles. The van der Waals surface area contributed by atoms with Crippen LogP contribution >= 0.6 is 0 Å². The fourth-order valence-corrected chi connectivity index (χ4v) is 1.63. The van der Waals surface area contributed by atoms with Crippen LogP contribution in [-0.2, 0) is 0 Å². The molecule has 1 unspecified atom stereocenters. The van der Waals surface area contributed by atoms with Gasteiger partial charge in [-0.15, -0.1) is 0 Å². The number of anilines is 1. The Morgan fingerprint density at radius 3 is 2.13 bits per heavy atom. The highest BCUT2D eigenvalue weighted by molar-refractivity contribution is 5.48. The summed E-state index contributed by atoms with van der Waals surface area (Å²) < 4.78 is 0. The molecule has 0 saturated heterocycles. The summed E-state index contributed by atoms with van der Waals surface area (Å²) in [5, 5.41) is 0. The Morgan fingerprint density at radius 2 is 1.73 bits per heavy atom. The number of hydrogen-bond acceptors (Lipinski definition) is 1. The van der Waals surface area contributed by atoms with Gasteiger partial charge in [-0.1, -0.05) is 0 Å². The van der Waals surface area contributed by atoms with Gasteiger partial charge in [-0.25, -0.2) is 6.57 Å². The summed E-state index contributed by atoms with van der Waals surface area (Å²) in [4.78, 5) is 5.81. The molecule has 1 rings (SSSR count). The monoisotopic (exact) mass is 202 g/mol. The molecule has 0 N–H and O–H groups in total. The lowest BCUT2D eigenvalue weighted by Gasteiger charge is -2.21. The molecule has 0 amide bonds. The topological polar surface area (TPSA) is 7.60 Å². The van der Waals surface area contributed by atoms with Gasteiger partial charge in [-0.05, 0) is 38.1 Å². The van der Waals surface area contributed by atoms with Gasteiger partial charge in [-0.2, -0.15) is 0 Å². The first-order chi connectivity index (χ1) is 7.22. The highest BCUT2D eigenvalue weighted by Crippen LogP contribution is 2.20. The molecule has 0 aliphatic rings. The molecule has 0 heterocycles. The molecular formula is C13H18N2. The van der Waals surface area contributed by atoms with Crippen LogP contribution < -0.4 is 4.90 Å². The van der Waals surface area contributed by atoms with Crippen LogP contribution in [0.3, 0.4) is 0 Å². The fraction of sp³-hybridized carbons (Fsp3) is 0.462. The second kappa shape index (κ2) is 5.41. The van der Waals surface area contributed by atoms with Gasteiger partial charge < -0.3 is 9.74 Å². The summed E-state index contributed by atoms with van der Waals surface area (Å²) in [6, 6.07) is 8.27. The van der Waals surface area contributed by atoms with Gasteiger partial charge in [-0.3, -0.25) is 0 Å². The van der Waals surface area contributed by atoms with Crippen LogP contribution in [-0.4, -0.2) is 13.1 Å². The van der Waals surface area contributed by atoms with Crippen LogP contribution in [0, 0.1) is 6.57 Å². The molecule has 0 bridgehead atoms. The molecular weight excluding hydrogens is 184 g/mol. The fourth-order valence-electron chi connectivity index (χ4n) is 1.63. The number of benzene rings is 1. The predicted octanol–water partition coefficient (Wildman–Crippen LogP) is 3.51. The van der Waals surface area contributed by atoms with Crippen molar-refractivity contribution in [3.63, 3.8) is 0 Å². The molecule has 0 spiro atoms. The quantitative estimate of drug-likeness (QED) is 0.678. The molecule has 0 saturated carbocycles. The second-order valence-corrected chi connectivity index (χ2v) is 3.57. The highest BCUT2D eigenvalue weighted by atomic mass is 15.1. The van der Waals surface area contributed by atoms with E-state index < -0.39 is 0 Å². The smallest absolute Gasteiger partial charge is 0.245 e. The van der Waals surface area contributed by atoms with E-state index in [0.29, 0.717) is 0 Å². The van der Waals surface area contributed by atoms with Gasteiger partial charge in [0.25, 0.3) is 0 Å². The van der Waals surface area contributed by atoms with Crippen LogP contribution in [0.2, 0.25) is 0 Å². The standard InChI is InChI=1S/C13H18N2/c1-5-15(6-2)13-9-7-12(8-10-13)11(3)14-4/h7-11H,5-6H2,1-3H3. The Hall–Kier alpha value is -1.49. The molecule has 2 nitrogen and oxygen atoms in total. The largest absolute Gasteiger partial charge is 0.372 e. The van der Waals surface area contributed by atoms with Crippen molar-refractivity contribution in [1.82, 2.24) is 0 Å². The lowest BCUT2D eigenvalue weighted by Crippen LogP contribution is -2.21. The number of nitrogens with zero attached hydrogens (tertiary/aromatic N) is 2. The lowest BCUT2D eigenvalue weighted by molar-refractivity contribution is 0.864. The summed E-state index contributed by atoms with van der Waals surface area (Å²) in [5.74, 6) is 0. The van der Waals surface area contributed by atoms with Crippen molar-refractivity contribution in [1.29, 1.82) is 0 Å². The second-order valence-electron chi connectivity index (χ2n) is 3.57. The van der Waals surface area contributed by atoms with Crippen molar-refractivity contribution in [2.45, 2.75) is 26.8 Å². The molecule has 80 valence electrons. The van der Waals surface area contributed by atoms with Crippen LogP contribution in [0.25, 0.3) is 4.85 Å². The zero-order chi connectivity index (χ0) is 11.3. The van der Waals surface area contributed by atoms with E-state index in [1.165, 1.54) is 5.69 Å². The maximum Gasteiger partial charge on any atom is 0.245 e. The molecule has 0 fully saturated rings. The minimum absolute atomic E-state index is 0.0317. The van der Waals surface area contributed by atoms with E-state index in [2.05, 4.69) is 47.9 Å². The van der Waals surface area contributed by atoms with E-state index in [1.54, 1.807) is 0 Å². The summed E-state index contributed by atoms with van der Waals surface area (Å²) in [7, 11) is 0. The molecule has 1 aromatic carbocycles. The first-order valence-electron chi connectivity index (χ1n) is 5.44. The average molecular weight is 202 g/mol. The molecule has 2 heteroatoms. The third kappa shape index (κ3) is 2.73. The summed E-state index contributed by atoms with van der Waals surface area (Å²) in [6.07, 6.45) is 0. The Morgan fingerprint density at radius 1 is 1.20 bits per heavy atom. The maximum absolute atomic E-state index is 6.97. The normalized spacial score (nSPS) is 11.9. The van der Waals surface area contributed by atoms with E-state index in [4.69, 9.17) is 6.57 Å². The van der Waals surface area contributed by atoms with Crippen molar-refractivity contribution >= 4 is 5.69 Å². The van der Waals surface area contributed by atoms with E-state index in [1.807, 2.05) is 6.92 Å².